The molecule has 2 aromatic rings. The van der Waals surface area contributed by atoms with Crippen molar-refractivity contribution in [3.63, 3.8) is 0 Å². The average molecular weight is 342 g/mol. The van der Waals surface area contributed by atoms with Crippen molar-refractivity contribution in [2.75, 3.05) is 0 Å². The summed E-state index contributed by atoms with van der Waals surface area (Å²) in [4.78, 5) is 13.9. The summed E-state index contributed by atoms with van der Waals surface area (Å²) in [5.41, 5.74) is 1.93. The summed E-state index contributed by atoms with van der Waals surface area (Å²) < 4.78 is 0. The maximum Gasteiger partial charge on any atom is 0.252 e. The van der Waals surface area contributed by atoms with E-state index in [2.05, 4.69) is 45.1 Å². The van der Waals surface area contributed by atoms with Gasteiger partial charge >= 0.3 is 0 Å². The lowest BCUT2D eigenvalue weighted by Crippen LogP contribution is -2.30. The molecule has 2 nitrogen and oxygen atoms in total. The van der Waals surface area contributed by atoms with Crippen LogP contribution in [-0.4, -0.2) is 11.2 Å². The van der Waals surface area contributed by atoms with Gasteiger partial charge in [0.15, 0.2) is 0 Å². The van der Waals surface area contributed by atoms with Crippen molar-refractivity contribution in [3.8, 4) is 0 Å². The van der Waals surface area contributed by atoms with Gasteiger partial charge in [-0.1, -0.05) is 70.2 Å². The molecule has 0 bridgehead atoms. The molecular weight excluding hydrogens is 314 g/mol. The van der Waals surface area contributed by atoms with Crippen molar-refractivity contribution in [2.24, 2.45) is 5.92 Å². The molecule has 2 rings (SSSR count). The summed E-state index contributed by atoms with van der Waals surface area (Å²) in [7, 11) is 0. The average Bonchev–Trinajstić information content (AvgIpc) is 2.54. The van der Waals surface area contributed by atoms with E-state index in [-0.39, 0.29) is 11.9 Å². The van der Waals surface area contributed by atoms with Crippen LogP contribution in [0.4, 0.5) is 0 Å². The number of hydrogen-bond donors (Lipinski definition) is 1. The van der Waals surface area contributed by atoms with Gasteiger partial charge < -0.3 is 5.32 Å². The van der Waals surface area contributed by atoms with E-state index < -0.39 is 0 Å². The second kappa shape index (κ2) is 8.93. The van der Waals surface area contributed by atoms with Crippen molar-refractivity contribution in [1.29, 1.82) is 0 Å². The highest BCUT2D eigenvalue weighted by Crippen LogP contribution is 2.28. The Morgan fingerprint density at radius 1 is 0.958 bits per heavy atom. The first-order valence-corrected chi connectivity index (χ1v) is 9.46. The maximum atomic E-state index is 12.9. The van der Waals surface area contributed by atoms with Crippen molar-refractivity contribution in [2.45, 2.75) is 50.3 Å². The van der Waals surface area contributed by atoms with E-state index in [0.717, 1.165) is 22.4 Å². The minimum atomic E-state index is 0.00764. The lowest BCUT2D eigenvalue weighted by molar-refractivity contribution is 0.0929. The monoisotopic (exact) mass is 341 g/mol. The largest absolute Gasteiger partial charge is 0.345 e. The van der Waals surface area contributed by atoms with E-state index in [1.54, 1.807) is 11.8 Å². The standard InChI is InChI=1S/C21H27NOS/c1-15(2)14-19(17-10-6-5-7-11-17)22-21(23)18-12-8-9-13-20(18)24-16(3)4/h5-13,15-16,19H,14H2,1-4H3,(H,22,23)/t19-/m0/s1. The Bertz CT molecular complexity index is 652. The number of carbonyl (C=O) groups excluding carboxylic acids is 1. The third-order valence-electron chi connectivity index (χ3n) is 3.71. The molecule has 1 N–H and O–H groups in total. The summed E-state index contributed by atoms with van der Waals surface area (Å²) in [6.45, 7) is 8.66. The van der Waals surface area contributed by atoms with Crippen LogP contribution >= 0.6 is 11.8 Å². The maximum absolute atomic E-state index is 12.9. The first-order chi connectivity index (χ1) is 11.5. The molecule has 0 heterocycles. The summed E-state index contributed by atoms with van der Waals surface area (Å²) >= 11 is 1.73. The van der Waals surface area contributed by atoms with E-state index in [9.17, 15) is 4.79 Å². The normalized spacial score (nSPS) is 12.4. The number of benzene rings is 2. The Hall–Kier alpha value is -1.74. The molecule has 2 aromatic carbocycles. The zero-order valence-electron chi connectivity index (χ0n) is 15.0. The highest BCUT2D eigenvalue weighted by atomic mass is 32.2. The number of rotatable bonds is 7. The second-order valence-electron chi connectivity index (χ2n) is 6.73. The molecule has 0 aliphatic carbocycles. The van der Waals surface area contributed by atoms with E-state index in [4.69, 9.17) is 0 Å². The predicted molar refractivity (Wildman–Crippen MR) is 104 cm³/mol. The van der Waals surface area contributed by atoms with E-state index in [1.807, 2.05) is 42.5 Å². The van der Waals surface area contributed by atoms with Gasteiger partial charge in [0, 0.05) is 10.1 Å². The van der Waals surface area contributed by atoms with Gasteiger partial charge in [-0.15, -0.1) is 11.8 Å². The van der Waals surface area contributed by atoms with E-state index in [1.165, 1.54) is 0 Å². The Morgan fingerprint density at radius 2 is 1.58 bits per heavy atom. The highest BCUT2D eigenvalue weighted by Gasteiger charge is 2.19. The molecule has 0 spiro atoms. The molecule has 128 valence electrons. The fraction of sp³-hybridized carbons (Fsp3) is 0.381. The molecule has 0 saturated heterocycles. The Morgan fingerprint density at radius 3 is 2.21 bits per heavy atom. The van der Waals surface area contributed by atoms with E-state index in [0.29, 0.717) is 11.2 Å². The van der Waals surface area contributed by atoms with Gasteiger partial charge in [-0.3, -0.25) is 4.79 Å². The third-order valence-corrected chi connectivity index (χ3v) is 4.79. The summed E-state index contributed by atoms with van der Waals surface area (Å²) in [5.74, 6) is 0.518. The van der Waals surface area contributed by atoms with Crippen LogP contribution in [0.2, 0.25) is 0 Å². The van der Waals surface area contributed by atoms with Crippen molar-refractivity contribution in [3.05, 3.63) is 65.7 Å². The Labute approximate surface area is 150 Å². The van der Waals surface area contributed by atoms with E-state index >= 15 is 0 Å². The molecule has 24 heavy (non-hydrogen) atoms. The van der Waals surface area contributed by atoms with Gasteiger partial charge in [-0.25, -0.2) is 0 Å². The molecule has 3 heteroatoms. The van der Waals surface area contributed by atoms with Gasteiger partial charge in [0.25, 0.3) is 5.91 Å². The fourth-order valence-electron chi connectivity index (χ4n) is 2.68. The smallest absolute Gasteiger partial charge is 0.252 e. The molecule has 0 aliphatic heterocycles. The zero-order valence-corrected chi connectivity index (χ0v) is 15.8. The number of nitrogens with one attached hydrogen (secondary N) is 1. The molecular formula is C21H27NOS. The molecule has 0 aliphatic rings. The minimum absolute atomic E-state index is 0.00764. The van der Waals surface area contributed by atoms with Crippen molar-refractivity contribution < 1.29 is 4.79 Å². The summed E-state index contributed by atoms with van der Waals surface area (Å²) in [5, 5.41) is 3.69. The van der Waals surface area contributed by atoms with Crippen LogP contribution < -0.4 is 5.32 Å². The first kappa shape index (κ1) is 18.6. The van der Waals surface area contributed by atoms with Crippen LogP contribution in [0, 0.1) is 5.92 Å². The van der Waals surface area contributed by atoms with Gasteiger partial charge in [0.2, 0.25) is 0 Å². The highest BCUT2D eigenvalue weighted by molar-refractivity contribution is 8.00. The number of thioether (sulfide) groups is 1. The molecule has 1 atom stereocenters. The van der Waals surface area contributed by atoms with Gasteiger partial charge in [0.1, 0.15) is 0 Å². The quantitative estimate of drug-likeness (QED) is 0.654. The van der Waals surface area contributed by atoms with Crippen molar-refractivity contribution >= 4 is 17.7 Å². The second-order valence-corrected chi connectivity index (χ2v) is 8.35. The first-order valence-electron chi connectivity index (χ1n) is 8.59. The number of hydrogen-bond acceptors (Lipinski definition) is 2. The minimum Gasteiger partial charge on any atom is -0.345 e. The van der Waals surface area contributed by atoms with Crippen LogP contribution in [0.3, 0.4) is 0 Å². The Kier molecular flexibility index (Phi) is 6.92. The van der Waals surface area contributed by atoms with Crippen LogP contribution in [0.15, 0.2) is 59.5 Å². The SMILES string of the molecule is CC(C)C[C@H](NC(=O)c1ccccc1SC(C)C)c1ccccc1. The van der Waals surface area contributed by atoms with Gasteiger partial charge in [-0.05, 0) is 30.0 Å². The molecule has 0 unspecified atom stereocenters. The number of carbonyl (C=O) groups is 1. The topological polar surface area (TPSA) is 29.1 Å². The van der Waals surface area contributed by atoms with Crippen LogP contribution in [0.25, 0.3) is 0 Å². The van der Waals surface area contributed by atoms with Crippen LogP contribution in [-0.2, 0) is 0 Å². The summed E-state index contributed by atoms with van der Waals surface area (Å²) in [6, 6.07) is 18.1. The Balaban J connectivity index is 2.22. The van der Waals surface area contributed by atoms with Gasteiger partial charge in [-0.2, -0.15) is 0 Å². The van der Waals surface area contributed by atoms with Gasteiger partial charge in [0.05, 0.1) is 11.6 Å². The zero-order chi connectivity index (χ0) is 17.5. The molecule has 0 fully saturated rings. The van der Waals surface area contributed by atoms with Crippen LogP contribution in [0.1, 0.15) is 56.1 Å². The molecule has 0 saturated carbocycles. The predicted octanol–water partition coefficient (Wildman–Crippen LogP) is 5.70. The van der Waals surface area contributed by atoms with Crippen LogP contribution in [0.5, 0.6) is 0 Å². The fourth-order valence-corrected chi connectivity index (χ4v) is 3.63. The summed E-state index contributed by atoms with van der Waals surface area (Å²) in [6.07, 6.45) is 0.926. The number of amides is 1. The lowest BCUT2D eigenvalue weighted by atomic mass is 9.96. The third kappa shape index (κ3) is 5.41. The molecule has 0 radical (unpaired) electrons. The lowest BCUT2D eigenvalue weighted by Gasteiger charge is -2.22. The molecule has 1 amide bonds. The molecule has 0 aromatic heterocycles. The van der Waals surface area contributed by atoms with Crippen molar-refractivity contribution in [1.82, 2.24) is 5.32 Å².